The third-order valence-corrected chi connectivity index (χ3v) is 4.08. The number of nitriles is 2. The Morgan fingerprint density at radius 2 is 1.76 bits per heavy atom. The second kappa shape index (κ2) is 7.88. The summed E-state index contributed by atoms with van der Waals surface area (Å²) in [6.07, 6.45) is 1.13. The second-order valence-corrected chi connectivity index (χ2v) is 5.72. The maximum Gasteiger partial charge on any atom is 0.0669 e. The second-order valence-electron chi connectivity index (χ2n) is 5.29. The van der Waals surface area contributed by atoms with Gasteiger partial charge in [0.25, 0.3) is 0 Å². The highest BCUT2D eigenvalue weighted by Crippen LogP contribution is 2.20. The van der Waals surface area contributed by atoms with Crippen LogP contribution in [0.3, 0.4) is 0 Å². The molecule has 5 heteroatoms. The zero-order chi connectivity index (χ0) is 15.1. The van der Waals surface area contributed by atoms with Gasteiger partial charge in [0.2, 0.25) is 0 Å². The summed E-state index contributed by atoms with van der Waals surface area (Å²) in [7, 11) is 0. The molecule has 1 heterocycles. The van der Waals surface area contributed by atoms with Gasteiger partial charge in [-0.3, -0.25) is 4.90 Å². The summed E-state index contributed by atoms with van der Waals surface area (Å²) in [6, 6.07) is 12.3. The highest BCUT2D eigenvalue weighted by molar-refractivity contribution is 6.30. The fourth-order valence-corrected chi connectivity index (χ4v) is 2.71. The number of halogens is 1. The molecule has 1 aromatic carbocycles. The van der Waals surface area contributed by atoms with Gasteiger partial charge in [0, 0.05) is 49.9 Å². The van der Waals surface area contributed by atoms with Crippen LogP contribution in [-0.4, -0.2) is 37.6 Å². The molecule has 0 bridgehead atoms. The van der Waals surface area contributed by atoms with Crippen molar-refractivity contribution in [2.45, 2.75) is 12.8 Å². The van der Waals surface area contributed by atoms with Crippen LogP contribution in [0, 0.1) is 28.6 Å². The van der Waals surface area contributed by atoms with E-state index >= 15 is 0 Å². The van der Waals surface area contributed by atoms with Gasteiger partial charge in [0.05, 0.1) is 18.1 Å². The normalized spacial score (nSPS) is 17.0. The molecule has 21 heavy (non-hydrogen) atoms. The third-order valence-electron chi connectivity index (χ3n) is 3.83. The number of rotatable bonds is 5. The first kappa shape index (κ1) is 15.6. The standard InChI is InChI=1S/C16H19ClN4/c17-15-3-5-16(6-4-15)21-10-8-20(9-11-21)13-14(12-19)2-1-7-18/h3-6,14H,1-2,8-11,13H2. The first-order valence-corrected chi connectivity index (χ1v) is 7.60. The fraction of sp³-hybridized carbons (Fsp3) is 0.500. The molecule has 1 aliphatic rings. The number of benzene rings is 1. The Kier molecular flexibility index (Phi) is 5.87. The van der Waals surface area contributed by atoms with Gasteiger partial charge in [-0.1, -0.05) is 11.6 Å². The molecule has 1 aliphatic heterocycles. The molecule has 0 radical (unpaired) electrons. The van der Waals surface area contributed by atoms with Crippen molar-refractivity contribution < 1.29 is 0 Å². The molecule has 1 unspecified atom stereocenters. The van der Waals surface area contributed by atoms with E-state index in [0.29, 0.717) is 12.8 Å². The monoisotopic (exact) mass is 302 g/mol. The van der Waals surface area contributed by atoms with Crippen LogP contribution in [-0.2, 0) is 0 Å². The molecule has 0 aliphatic carbocycles. The van der Waals surface area contributed by atoms with Gasteiger partial charge in [-0.05, 0) is 30.7 Å². The van der Waals surface area contributed by atoms with E-state index < -0.39 is 0 Å². The van der Waals surface area contributed by atoms with Crippen molar-refractivity contribution in [2.24, 2.45) is 5.92 Å². The molecule has 1 atom stereocenters. The number of piperazine rings is 1. The predicted molar refractivity (Wildman–Crippen MR) is 84.1 cm³/mol. The smallest absolute Gasteiger partial charge is 0.0669 e. The van der Waals surface area contributed by atoms with Crippen molar-refractivity contribution in [3.8, 4) is 12.1 Å². The van der Waals surface area contributed by atoms with Crippen LogP contribution < -0.4 is 4.90 Å². The van der Waals surface area contributed by atoms with Gasteiger partial charge < -0.3 is 4.90 Å². The average Bonchev–Trinajstić information content (AvgIpc) is 2.53. The van der Waals surface area contributed by atoms with Gasteiger partial charge in [0.1, 0.15) is 0 Å². The van der Waals surface area contributed by atoms with Crippen LogP contribution in [0.15, 0.2) is 24.3 Å². The van der Waals surface area contributed by atoms with Gasteiger partial charge >= 0.3 is 0 Å². The molecular formula is C16H19ClN4. The van der Waals surface area contributed by atoms with E-state index in [1.54, 1.807) is 0 Å². The van der Waals surface area contributed by atoms with Crippen molar-refractivity contribution in [3.05, 3.63) is 29.3 Å². The molecule has 1 fully saturated rings. The van der Waals surface area contributed by atoms with E-state index in [9.17, 15) is 0 Å². The lowest BCUT2D eigenvalue weighted by atomic mass is 10.0. The van der Waals surface area contributed by atoms with Crippen molar-refractivity contribution in [1.29, 1.82) is 10.5 Å². The van der Waals surface area contributed by atoms with Crippen molar-refractivity contribution in [2.75, 3.05) is 37.6 Å². The zero-order valence-corrected chi connectivity index (χ0v) is 12.8. The minimum absolute atomic E-state index is 0.0354. The van der Waals surface area contributed by atoms with E-state index in [0.717, 1.165) is 37.7 Å². The molecule has 1 aromatic rings. The highest BCUT2D eigenvalue weighted by Gasteiger charge is 2.20. The van der Waals surface area contributed by atoms with Crippen LogP contribution in [0.25, 0.3) is 0 Å². The first-order valence-electron chi connectivity index (χ1n) is 7.22. The van der Waals surface area contributed by atoms with E-state index in [-0.39, 0.29) is 5.92 Å². The van der Waals surface area contributed by atoms with Crippen LogP contribution >= 0.6 is 11.6 Å². The van der Waals surface area contributed by atoms with Gasteiger partial charge in [-0.25, -0.2) is 0 Å². The summed E-state index contributed by atoms with van der Waals surface area (Å²) in [6.45, 7) is 4.59. The lowest BCUT2D eigenvalue weighted by Gasteiger charge is -2.36. The summed E-state index contributed by atoms with van der Waals surface area (Å²) in [4.78, 5) is 4.65. The van der Waals surface area contributed by atoms with Gasteiger partial charge in [-0.2, -0.15) is 10.5 Å². The quantitative estimate of drug-likeness (QED) is 0.839. The van der Waals surface area contributed by atoms with Crippen molar-refractivity contribution >= 4 is 17.3 Å². The lowest BCUT2D eigenvalue weighted by Crippen LogP contribution is -2.47. The lowest BCUT2D eigenvalue weighted by molar-refractivity contribution is 0.233. The van der Waals surface area contributed by atoms with E-state index in [1.165, 1.54) is 5.69 Å². The van der Waals surface area contributed by atoms with E-state index in [1.807, 2.05) is 24.3 Å². The molecule has 0 spiro atoms. The minimum atomic E-state index is -0.0354. The Morgan fingerprint density at radius 1 is 1.10 bits per heavy atom. The predicted octanol–water partition coefficient (Wildman–Crippen LogP) is 2.91. The molecular weight excluding hydrogens is 284 g/mol. The molecule has 110 valence electrons. The molecule has 0 saturated carbocycles. The SMILES string of the molecule is N#CCCC(C#N)CN1CCN(c2ccc(Cl)cc2)CC1. The van der Waals surface area contributed by atoms with Crippen LogP contribution in [0.4, 0.5) is 5.69 Å². The maximum absolute atomic E-state index is 9.13. The Hall–Kier alpha value is -1.75. The summed E-state index contributed by atoms with van der Waals surface area (Å²) >= 11 is 5.91. The minimum Gasteiger partial charge on any atom is -0.369 e. The van der Waals surface area contributed by atoms with E-state index in [2.05, 4.69) is 21.9 Å². The zero-order valence-electron chi connectivity index (χ0n) is 12.0. The number of hydrogen-bond acceptors (Lipinski definition) is 4. The first-order chi connectivity index (χ1) is 10.2. The Labute approximate surface area is 131 Å². The van der Waals surface area contributed by atoms with Crippen molar-refractivity contribution in [3.63, 3.8) is 0 Å². The van der Waals surface area contributed by atoms with Crippen molar-refractivity contribution in [1.82, 2.24) is 4.90 Å². The topological polar surface area (TPSA) is 54.1 Å². The summed E-state index contributed by atoms with van der Waals surface area (Å²) in [5.74, 6) is -0.0354. The van der Waals surface area contributed by atoms with Crippen LogP contribution in [0.1, 0.15) is 12.8 Å². The average molecular weight is 303 g/mol. The molecule has 4 nitrogen and oxygen atoms in total. The van der Waals surface area contributed by atoms with Crippen LogP contribution in [0.2, 0.25) is 5.02 Å². The van der Waals surface area contributed by atoms with Gasteiger partial charge in [0.15, 0.2) is 0 Å². The fourth-order valence-electron chi connectivity index (χ4n) is 2.59. The summed E-state index contributed by atoms with van der Waals surface area (Å²) in [5, 5.41) is 18.5. The Bertz CT molecular complexity index is 521. The summed E-state index contributed by atoms with van der Waals surface area (Å²) < 4.78 is 0. The molecule has 2 rings (SSSR count). The number of anilines is 1. The molecule has 0 N–H and O–H groups in total. The number of hydrogen-bond donors (Lipinski definition) is 0. The highest BCUT2D eigenvalue weighted by atomic mass is 35.5. The molecule has 1 saturated heterocycles. The summed E-state index contributed by atoms with van der Waals surface area (Å²) in [5.41, 5.74) is 1.19. The van der Waals surface area contributed by atoms with Crippen LogP contribution in [0.5, 0.6) is 0 Å². The largest absolute Gasteiger partial charge is 0.369 e. The van der Waals surface area contributed by atoms with Gasteiger partial charge in [-0.15, -0.1) is 0 Å². The molecule has 0 aromatic heterocycles. The number of nitrogens with zero attached hydrogens (tertiary/aromatic N) is 4. The van der Waals surface area contributed by atoms with E-state index in [4.69, 9.17) is 22.1 Å². The molecule has 0 amide bonds. The Balaban J connectivity index is 1.81. The Morgan fingerprint density at radius 3 is 2.33 bits per heavy atom. The third kappa shape index (κ3) is 4.63. The maximum atomic E-state index is 9.13.